The highest BCUT2D eigenvalue weighted by atomic mass is 16.5. The molecular weight excluding hydrogens is 312 g/mol. The molecule has 4 rings (SSSR count). The van der Waals surface area contributed by atoms with Gasteiger partial charge in [0.05, 0.1) is 20.6 Å². The molecule has 0 aromatic heterocycles. The fourth-order valence-electron chi connectivity index (χ4n) is 2.51. The van der Waals surface area contributed by atoms with Crippen LogP contribution in [0, 0.1) is 0 Å². The van der Waals surface area contributed by atoms with Gasteiger partial charge in [0.2, 0.25) is 5.78 Å². The lowest BCUT2D eigenvalue weighted by molar-refractivity contribution is -0.131. The van der Waals surface area contributed by atoms with E-state index in [2.05, 4.69) is 0 Å². The lowest BCUT2D eigenvalue weighted by Gasteiger charge is -2.07. The van der Waals surface area contributed by atoms with Crippen LogP contribution in [0.3, 0.4) is 0 Å². The van der Waals surface area contributed by atoms with Crippen LogP contribution in [-0.4, -0.2) is 32.6 Å². The Balaban J connectivity index is 0.000000149. The second-order valence-corrected chi connectivity index (χ2v) is 5.17. The van der Waals surface area contributed by atoms with E-state index < -0.39 is 0 Å². The first-order valence-electron chi connectivity index (χ1n) is 7.33. The summed E-state index contributed by atoms with van der Waals surface area (Å²) in [6, 6.07) is 10.8. The second kappa shape index (κ2) is 6.62. The zero-order valence-electron chi connectivity index (χ0n) is 13.3. The lowest BCUT2D eigenvalue weighted by atomic mass is 10.1. The van der Waals surface area contributed by atoms with Crippen molar-refractivity contribution in [2.45, 2.75) is 6.42 Å². The van der Waals surface area contributed by atoms with E-state index in [0.717, 1.165) is 5.56 Å². The molecule has 0 atom stereocenters. The van der Waals surface area contributed by atoms with Crippen LogP contribution in [0.15, 0.2) is 36.4 Å². The molecule has 0 spiro atoms. The Morgan fingerprint density at radius 1 is 1.00 bits per heavy atom. The minimum atomic E-state index is -0.152. The smallest absolute Gasteiger partial charge is 0.315 e. The number of benzene rings is 2. The third-order valence-corrected chi connectivity index (χ3v) is 3.66. The lowest BCUT2D eigenvalue weighted by Crippen LogP contribution is -2.00. The van der Waals surface area contributed by atoms with Crippen LogP contribution in [0.2, 0.25) is 0 Å². The topological polar surface area (TPSA) is 71.1 Å². The van der Waals surface area contributed by atoms with Gasteiger partial charge >= 0.3 is 5.97 Å². The van der Waals surface area contributed by atoms with Crippen molar-refractivity contribution in [1.29, 1.82) is 0 Å². The van der Waals surface area contributed by atoms with Crippen molar-refractivity contribution < 1.29 is 28.5 Å². The molecular formula is C18H16O6. The number of esters is 1. The van der Waals surface area contributed by atoms with E-state index in [9.17, 15) is 9.59 Å². The van der Waals surface area contributed by atoms with Crippen LogP contribution in [0.5, 0.6) is 23.0 Å². The molecule has 0 saturated heterocycles. The molecule has 0 saturated carbocycles. The summed E-state index contributed by atoms with van der Waals surface area (Å²) in [5, 5.41) is 0. The quantitative estimate of drug-likeness (QED) is 0.623. The molecule has 2 aliphatic rings. The fraction of sp³-hybridized carbons (Fsp3) is 0.222. The molecule has 0 amide bonds. The van der Waals surface area contributed by atoms with Gasteiger partial charge in [-0.3, -0.25) is 9.59 Å². The van der Waals surface area contributed by atoms with Gasteiger partial charge in [-0.15, -0.1) is 0 Å². The Morgan fingerprint density at radius 2 is 1.79 bits per heavy atom. The molecule has 0 radical (unpaired) electrons. The number of hydrogen-bond donors (Lipinski definition) is 0. The molecule has 0 aliphatic carbocycles. The monoisotopic (exact) mass is 328 g/mol. The van der Waals surface area contributed by atoms with E-state index in [1.165, 1.54) is 7.11 Å². The van der Waals surface area contributed by atoms with Crippen molar-refractivity contribution >= 4 is 11.8 Å². The predicted octanol–water partition coefficient (Wildman–Crippen LogP) is 2.43. The number of carbonyl (C=O) groups excluding carboxylic acids is 2. The maximum Gasteiger partial charge on any atom is 0.315 e. The number of para-hydroxylation sites is 1. The van der Waals surface area contributed by atoms with Crippen LogP contribution >= 0.6 is 0 Å². The first-order chi connectivity index (χ1) is 11.6. The highest BCUT2D eigenvalue weighted by Gasteiger charge is 2.26. The SMILES string of the molecule is COc1cc(OC)c2c(c1)OCC2=O.O=C1Cc2ccccc2O1. The molecule has 2 heterocycles. The van der Waals surface area contributed by atoms with Crippen molar-refractivity contribution in [3.05, 3.63) is 47.5 Å². The first kappa shape index (κ1) is 15.9. The first-order valence-corrected chi connectivity index (χ1v) is 7.33. The van der Waals surface area contributed by atoms with Crippen LogP contribution in [-0.2, 0) is 11.2 Å². The van der Waals surface area contributed by atoms with Gasteiger partial charge in [0.1, 0.15) is 28.6 Å². The van der Waals surface area contributed by atoms with Crippen molar-refractivity contribution in [3.63, 3.8) is 0 Å². The predicted molar refractivity (Wildman–Crippen MR) is 85.2 cm³/mol. The van der Waals surface area contributed by atoms with Gasteiger partial charge in [0.15, 0.2) is 6.61 Å². The zero-order valence-corrected chi connectivity index (χ0v) is 13.3. The number of ketones is 1. The van der Waals surface area contributed by atoms with Gasteiger partial charge in [-0.2, -0.15) is 0 Å². The van der Waals surface area contributed by atoms with Gasteiger partial charge in [0, 0.05) is 17.7 Å². The van der Waals surface area contributed by atoms with Crippen LogP contribution in [0.4, 0.5) is 0 Å². The Bertz CT molecular complexity index is 769. The van der Waals surface area contributed by atoms with E-state index in [-0.39, 0.29) is 18.4 Å². The third-order valence-electron chi connectivity index (χ3n) is 3.66. The summed E-state index contributed by atoms with van der Waals surface area (Å²) >= 11 is 0. The second-order valence-electron chi connectivity index (χ2n) is 5.17. The molecule has 0 bridgehead atoms. The zero-order chi connectivity index (χ0) is 17.1. The van der Waals surface area contributed by atoms with Gasteiger partial charge in [0.25, 0.3) is 0 Å². The molecule has 2 aromatic rings. The summed E-state index contributed by atoms with van der Waals surface area (Å²) in [4.78, 5) is 22.1. The van der Waals surface area contributed by atoms with Crippen molar-refractivity contribution in [2.75, 3.05) is 20.8 Å². The van der Waals surface area contributed by atoms with E-state index >= 15 is 0 Å². The largest absolute Gasteiger partial charge is 0.496 e. The van der Waals surface area contributed by atoms with Gasteiger partial charge in [-0.1, -0.05) is 18.2 Å². The maximum atomic E-state index is 11.4. The van der Waals surface area contributed by atoms with Crippen molar-refractivity contribution in [2.24, 2.45) is 0 Å². The van der Waals surface area contributed by atoms with Crippen LogP contribution in [0.25, 0.3) is 0 Å². The molecule has 0 unspecified atom stereocenters. The summed E-state index contributed by atoms with van der Waals surface area (Å²) < 4.78 is 20.2. The number of rotatable bonds is 2. The van der Waals surface area contributed by atoms with Gasteiger partial charge in [-0.25, -0.2) is 0 Å². The maximum absolute atomic E-state index is 11.4. The summed E-state index contributed by atoms with van der Waals surface area (Å²) in [5.74, 6) is 2.16. The Morgan fingerprint density at radius 3 is 2.50 bits per heavy atom. The highest BCUT2D eigenvalue weighted by molar-refractivity contribution is 6.04. The molecule has 124 valence electrons. The fourth-order valence-corrected chi connectivity index (χ4v) is 2.51. The van der Waals surface area contributed by atoms with E-state index in [1.807, 2.05) is 18.2 Å². The molecule has 24 heavy (non-hydrogen) atoms. The average molecular weight is 328 g/mol. The number of fused-ring (bicyclic) bond motifs is 2. The van der Waals surface area contributed by atoms with E-state index in [0.29, 0.717) is 35.0 Å². The van der Waals surface area contributed by atoms with Crippen molar-refractivity contribution in [3.8, 4) is 23.0 Å². The molecule has 0 fully saturated rings. The number of methoxy groups -OCH3 is 2. The Hall–Kier alpha value is -3.02. The highest BCUT2D eigenvalue weighted by Crippen LogP contribution is 2.37. The number of hydrogen-bond acceptors (Lipinski definition) is 6. The molecule has 0 N–H and O–H groups in total. The molecule has 6 heteroatoms. The molecule has 2 aliphatic heterocycles. The standard InChI is InChI=1S/C10H10O4.C8H6O2/c1-12-6-3-8(13-2)10-7(11)5-14-9(10)4-6;9-8-5-6-3-1-2-4-7(6)10-8/h3-4H,5H2,1-2H3;1-4H,5H2. The van der Waals surface area contributed by atoms with Gasteiger partial charge < -0.3 is 18.9 Å². The van der Waals surface area contributed by atoms with E-state index in [1.54, 1.807) is 25.3 Å². The molecule has 2 aromatic carbocycles. The Labute approximate surface area is 138 Å². The average Bonchev–Trinajstić information content (AvgIpc) is 3.16. The Kier molecular flexibility index (Phi) is 4.37. The van der Waals surface area contributed by atoms with Crippen molar-refractivity contribution in [1.82, 2.24) is 0 Å². The number of Topliss-reactive ketones (excluding diaryl/α,β-unsaturated/α-hetero) is 1. The number of carbonyl (C=O) groups is 2. The summed E-state index contributed by atoms with van der Waals surface area (Å²) in [6.45, 7) is 0.0822. The third kappa shape index (κ3) is 3.03. The van der Waals surface area contributed by atoms with Crippen LogP contribution < -0.4 is 18.9 Å². The van der Waals surface area contributed by atoms with E-state index in [4.69, 9.17) is 18.9 Å². The minimum Gasteiger partial charge on any atom is -0.496 e. The summed E-state index contributed by atoms with van der Waals surface area (Å²) in [6.07, 6.45) is 0.427. The van der Waals surface area contributed by atoms with Gasteiger partial charge in [-0.05, 0) is 6.07 Å². The normalized spacial score (nSPS) is 13.9. The number of ether oxygens (including phenoxy) is 4. The summed E-state index contributed by atoms with van der Waals surface area (Å²) in [7, 11) is 3.07. The summed E-state index contributed by atoms with van der Waals surface area (Å²) in [5.41, 5.74) is 1.50. The molecule has 6 nitrogen and oxygen atoms in total. The van der Waals surface area contributed by atoms with Crippen LogP contribution in [0.1, 0.15) is 15.9 Å². The minimum absolute atomic E-state index is 0.0560.